The second-order valence-corrected chi connectivity index (χ2v) is 12.9. The van der Waals surface area contributed by atoms with Gasteiger partial charge in [0.25, 0.3) is 0 Å². The van der Waals surface area contributed by atoms with Crippen LogP contribution in [-0.2, 0) is 25.7 Å². The first-order valence-corrected chi connectivity index (χ1v) is 16.4. The van der Waals surface area contributed by atoms with Gasteiger partial charge < -0.3 is 24.4 Å². The summed E-state index contributed by atoms with van der Waals surface area (Å²) in [7, 11) is -3.49. The zero-order valence-electron chi connectivity index (χ0n) is 24.2. The number of ether oxygens (including phenoxy) is 3. The number of pyridine rings is 2. The lowest BCUT2D eigenvalue weighted by Crippen LogP contribution is -2.25. The molecule has 6 rings (SSSR count). The maximum Gasteiger partial charge on any atom is 0.312 e. The van der Waals surface area contributed by atoms with E-state index in [4.69, 9.17) is 30.8 Å². The molecular formula is C31H34N6O5S. The summed E-state index contributed by atoms with van der Waals surface area (Å²) in [6.07, 6.45) is 5.80. The summed E-state index contributed by atoms with van der Waals surface area (Å²) >= 11 is 0. The Labute approximate surface area is 251 Å². The molecule has 1 aromatic carbocycles. The molecule has 12 heteroatoms. The van der Waals surface area contributed by atoms with Gasteiger partial charge in [0, 0.05) is 25.7 Å². The third-order valence-electron chi connectivity index (χ3n) is 7.70. The highest BCUT2D eigenvalue weighted by Gasteiger charge is 2.25. The molecule has 0 aliphatic carbocycles. The van der Waals surface area contributed by atoms with Crippen molar-refractivity contribution < 1.29 is 22.6 Å². The van der Waals surface area contributed by atoms with E-state index in [9.17, 15) is 8.42 Å². The van der Waals surface area contributed by atoms with E-state index >= 15 is 0 Å². The van der Waals surface area contributed by atoms with E-state index in [1.165, 1.54) is 6.26 Å². The molecule has 43 heavy (non-hydrogen) atoms. The van der Waals surface area contributed by atoms with Gasteiger partial charge in [0.15, 0.2) is 15.5 Å². The lowest BCUT2D eigenvalue weighted by Gasteiger charge is -2.25. The number of hydrogen-bond acceptors (Lipinski definition) is 9. The normalized spacial score (nSPS) is 17.9. The van der Waals surface area contributed by atoms with Gasteiger partial charge in [-0.05, 0) is 56.5 Å². The first-order chi connectivity index (χ1) is 20.8. The number of benzene rings is 1. The van der Waals surface area contributed by atoms with Crippen molar-refractivity contribution in [2.24, 2.45) is 0 Å². The highest BCUT2D eigenvalue weighted by molar-refractivity contribution is 7.90. The van der Waals surface area contributed by atoms with Crippen LogP contribution in [0.2, 0.25) is 0 Å². The number of hydrogen-bond donors (Lipinski definition) is 1. The molecule has 2 fully saturated rings. The van der Waals surface area contributed by atoms with Gasteiger partial charge in [0.05, 0.1) is 41.6 Å². The van der Waals surface area contributed by atoms with Gasteiger partial charge in [0.2, 0.25) is 0 Å². The highest BCUT2D eigenvalue weighted by Crippen LogP contribution is 2.35. The van der Waals surface area contributed by atoms with Crippen LogP contribution in [0.25, 0.3) is 16.0 Å². The number of fused-ring (bicyclic) bond motifs is 1. The van der Waals surface area contributed by atoms with Crippen molar-refractivity contribution in [1.82, 2.24) is 19.5 Å². The third kappa shape index (κ3) is 6.34. The van der Waals surface area contributed by atoms with Crippen molar-refractivity contribution in [3.63, 3.8) is 0 Å². The van der Waals surface area contributed by atoms with Gasteiger partial charge in [-0.25, -0.2) is 18.4 Å². The maximum absolute atomic E-state index is 12.6. The lowest BCUT2D eigenvalue weighted by molar-refractivity contribution is -0.0309. The molecule has 0 bridgehead atoms. The van der Waals surface area contributed by atoms with Crippen molar-refractivity contribution in [2.75, 3.05) is 31.4 Å². The zero-order chi connectivity index (χ0) is 30.0. The molecule has 2 aliphatic rings. The summed E-state index contributed by atoms with van der Waals surface area (Å²) in [6.45, 7) is 11.6. The van der Waals surface area contributed by atoms with Crippen molar-refractivity contribution >= 4 is 38.2 Å². The molecule has 3 aromatic heterocycles. The lowest BCUT2D eigenvalue weighted by atomic mass is 10.1. The molecule has 11 nitrogen and oxygen atoms in total. The Kier molecular flexibility index (Phi) is 8.30. The van der Waals surface area contributed by atoms with Crippen molar-refractivity contribution in [3.8, 4) is 5.75 Å². The van der Waals surface area contributed by atoms with Crippen LogP contribution in [-0.4, -0.2) is 60.1 Å². The summed E-state index contributed by atoms with van der Waals surface area (Å²) in [4.78, 5) is 18.3. The van der Waals surface area contributed by atoms with Gasteiger partial charge in [-0.15, -0.1) is 4.98 Å². The summed E-state index contributed by atoms with van der Waals surface area (Å²) in [6, 6.07) is 12.3. The maximum atomic E-state index is 12.6. The Morgan fingerprint density at radius 1 is 1.02 bits per heavy atom. The Balaban J connectivity index is 1.40. The predicted molar refractivity (Wildman–Crippen MR) is 162 cm³/mol. The van der Waals surface area contributed by atoms with Gasteiger partial charge in [-0.2, -0.15) is 0 Å². The molecule has 0 saturated carbocycles. The van der Waals surface area contributed by atoms with E-state index < -0.39 is 9.84 Å². The number of rotatable bonds is 8. The van der Waals surface area contributed by atoms with E-state index in [0.29, 0.717) is 65.9 Å². The van der Waals surface area contributed by atoms with Crippen LogP contribution in [0.5, 0.6) is 5.75 Å². The molecule has 0 amide bonds. The topological polar surface area (TPSA) is 122 Å². The minimum Gasteiger partial charge on any atom is -0.499 e. The van der Waals surface area contributed by atoms with E-state index in [1.54, 1.807) is 30.3 Å². The summed E-state index contributed by atoms with van der Waals surface area (Å²) in [5.41, 5.74) is 3.69. The number of nitrogens with zero attached hydrogens (tertiary/aromatic N) is 5. The molecular weight excluding hydrogens is 568 g/mol. The van der Waals surface area contributed by atoms with E-state index in [1.807, 2.05) is 23.6 Å². The predicted octanol–water partition coefficient (Wildman–Crippen LogP) is 5.68. The molecule has 1 N–H and O–H groups in total. The summed E-state index contributed by atoms with van der Waals surface area (Å²) in [5, 5.41) is 3.33. The fourth-order valence-corrected chi connectivity index (χ4v) is 6.47. The number of nitrogens with one attached hydrogen (secondary N) is 1. The number of aryl methyl sites for hydroxylation is 1. The van der Waals surface area contributed by atoms with Crippen LogP contribution in [0.15, 0.2) is 47.4 Å². The summed E-state index contributed by atoms with van der Waals surface area (Å²) in [5.74, 6) is 1.44. The van der Waals surface area contributed by atoms with Gasteiger partial charge in [0.1, 0.15) is 35.1 Å². The average molecular weight is 603 g/mol. The van der Waals surface area contributed by atoms with Crippen molar-refractivity contribution in [3.05, 3.63) is 71.1 Å². The summed E-state index contributed by atoms with van der Waals surface area (Å²) < 4.78 is 44.8. The van der Waals surface area contributed by atoms with E-state index in [0.717, 1.165) is 37.9 Å². The Hall–Kier alpha value is -4.05. The number of anilines is 2. The molecule has 2 aliphatic heterocycles. The molecule has 1 unspecified atom stereocenters. The molecule has 5 heterocycles. The van der Waals surface area contributed by atoms with Crippen molar-refractivity contribution in [2.45, 2.75) is 62.7 Å². The highest BCUT2D eigenvalue weighted by atomic mass is 32.2. The minimum absolute atomic E-state index is 0.0000447. The van der Waals surface area contributed by atoms with Crippen LogP contribution in [0.1, 0.15) is 55.5 Å². The van der Waals surface area contributed by atoms with Gasteiger partial charge >= 0.3 is 5.82 Å². The second-order valence-electron chi connectivity index (χ2n) is 10.9. The smallest absolute Gasteiger partial charge is 0.312 e. The van der Waals surface area contributed by atoms with Crippen molar-refractivity contribution in [1.29, 1.82) is 0 Å². The monoisotopic (exact) mass is 602 g/mol. The quantitative estimate of drug-likeness (QED) is 0.254. The second kappa shape index (κ2) is 12.3. The standard InChI is InChI=1S/C31H34N6O5S/c1-20-33-29-25(36-24-8-4-5-9-27(24)43(3,38)39)19-22(35-31(29)37(20)28-10-6-7-15-41-28)18-21-11-12-26(30(32-2)34-21)42-23-13-16-40-17-14-23/h4-5,8-9,11-12,19,23,28H,6-7,10,13-18H2,1,3H3,(H,35,36). The number of para-hydroxylation sites is 1. The number of sulfone groups is 1. The third-order valence-corrected chi connectivity index (χ3v) is 8.86. The van der Waals surface area contributed by atoms with Crippen LogP contribution in [0.3, 0.4) is 0 Å². The van der Waals surface area contributed by atoms with Crippen LogP contribution in [0.4, 0.5) is 17.2 Å². The zero-order valence-corrected chi connectivity index (χ0v) is 25.1. The molecule has 1 atom stereocenters. The fraction of sp³-hybridized carbons (Fsp3) is 0.419. The molecule has 4 aromatic rings. The first kappa shape index (κ1) is 29.0. The SMILES string of the molecule is [C-]#[N+]c1nc(Cc2cc(Nc3ccccc3S(C)(=O)=O)c3nc(C)n(C4CCCCO4)c3n2)ccc1OC1CCOCC1. The van der Waals surface area contributed by atoms with Gasteiger partial charge in [-0.3, -0.25) is 4.57 Å². The first-order valence-electron chi connectivity index (χ1n) is 14.5. The largest absolute Gasteiger partial charge is 0.499 e. The van der Waals surface area contributed by atoms with E-state index in [-0.39, 0.29) is 23.0 Å². The number of imidazole rings is 1. The minimum atomic E-state index is -3.49. The van der Waals surface area contributed by atoms with Crippen LogP contribution in [0, 0.1) is 13.5 Å². The molecule has 0 radical (unpaired) electrons. The van der Waals surface area contributed by atoms with E-state index in [2.05, 4.69) is 15.1 Å². The molecule has 224 valence electrons. The molecule has 2 saturated heterocycles. The van der Waals surface area contributed by atoms with Crippen LogP contribution >= 0.6 is 0 Å². The Morgan fingerprint density at radius 3 is 2.58 bits per heavy atom. The molecule has 0 spiro atoms. The Morgan fingerprint density at radius 2 is 1.84 bits per heavy atom. The average Bonchev–Trinajstić information content (AvgIpc) is 3.34. The van der Waals surface area contributed by atoms with Gasteiger partial charge in [-0.1, -0.05) is 18.7 Å². The fourth-order valence-electron chi connectivity index (χ4n) is 5.62. The van der Waals surface area contributed by atoms with Crippen LogP contribution < -0.4 is 10.1 Å². The Bertz CT molecular complexity index is 1790. The number of aromatic nitrogens is 4.